The van der Waals surface area contributed by atoms with Crippen LogP contribution in [0.2, 0.25) is 0 Å². The minimum atomic E-state index is 0.497. The first-order chi connectivity index (χ1) is 6.74. The molecule has 0 bridgehead atoms. The van der Waals surface area contributed by atoms with Crippen molar-refractivity contribution in [2.24, 2.45) is 10.7 Å². The molecular weight excluding hydrogens is 176 g/mol. The van der Waals surface area contributed by atoms with E-state index in [1.54, 1.807) is 0 Å². The van der Waals surface area contributed by atoms with Crippen molar-refractivity contribution < 1.29 is 0 Å². The largest absolute Gasteiger partial charge is 0.370 e. The van der Waals surface area contributed by atoms with Crippen molar-refractivity contribution in [1.29, 1.82) is 0 Å². The summed E-state index contributed by atoms with van der Waals surface area (Å²) < 4.78 is 0. The number of hydrogen-bond acceptors (Lipinski definition) is 2. The van der Waals surface area contributed by atoms with Crippen molar-refractivity contribution in [2.45, 2.75) is 37.8 Å². The number of piperidine rings is 1. The Morgan fingerprint density at radius 1 is 1.43 bits per heavy atom. The third-order valence-electron chi connectivity index (χ3n) is 2.85. The van der Waals surface area contributed by atoms with Gasteiger partial charge < -0.3 is 16.0 Å². The number of aliphatic imine (C=N–C) groups is 1. The van der Waals surface area contributed by atoms with Crippen molar-refractivity contribution in [3.63, 3.8) is 0 Å². The van der Waals surface area contributed by atoms with Gasteiger partial charge in [0.25, 0.3) is 0 Å². The van der Waals surface area contributed by atoms with Gasteiger partial charge in [-0.15, -0.1) is 0 Å². The van der Waals surface area contributed by atoms with Gasteiger partial charge in [0.2, 0.25) is 0 Å². The fraction of sp³-hybridized carbons (Fsp3) is 0.900. The highest BCUT2D eigenvalue weighted by Gasteiger charge is 2.22. The Morgan fingerprint density at radius 3 is 2.86 bits per heavy atom. The second kappa shape index (κ2) is 4.17. The van der Waals surface area contributed by atoms with Gasteiger partial charge in [0.05, 0.1) is 6.04 Å². The van der Waals surface area contributed by atoms with Crippen LogP contribution < -0.4 is 11.1 Å². The minimum Gasteiger partial charge on any atom is -0.370 e. The summed E-state index contributed by atoms with van der Waals surface area (Å²) in [5.41, 5.74) is 5.81. The van der Waals surface area contributed by atoms with Crippen LogP contribution >= 0.6 is 0 Å². The Labute approximate surface area is 85.6 Å². The molecule has 0 aromatic rings. The van der Waals surface area contributed by atoms with Gasteiger partial charge in [-0.1, -0.05) is 0 Å². The molecule has 14 heavy (non-hydrogen) atoms. The third-order valence-corrected chi connectivity index (χ3v) is 2.85. The summed E-state index contributed by atoms with van der Waals surface area (Å²) in [5.74, 6) is 0.646. The number of nitrogens with two attached hydrogens (primary N) is 1. The molecule has 0 radical (unpaired) electrons. The predicted molar refractivity (Wildman–Crippen MR) is 58.3 cm³/mol. The number of likely N-dealkylation sites (tertiary alicyclic amines) is 1. The van der Waals surface area contributed by atoms with Gasteiger partial charge in [0, 0.05) is 12.6 Å². The molecule has 0 amide bonds. The Kier molecular flexibility index (Phi) is 2.91. The van der Waals surface area contributed by atoms with Crippen molar-refractivity contribution in [2.75, 3.05) is 20.1 Å². The summed E-state index contributed by atoms with van der Waals surface area (Å²) in [4.78, 5) is 6.71. The van der Waals surface area contributed by atoms with E-state index < -0.39 is 0 Å². The minimum absolute atomic E-state index is 0.497. The van der Waals surface area contributed by atoms with E-state index in [0.29, 0.717) is 18.0 Å². The summed E-state index contributed by atoms with van der Waals surface area (Å²) in [6.45, 7) is 2.29. The number of hydrogen-bond donors (Lipinski definition) is 2. The van der Waals surface area contributed by atoms with Crippen LogP contribution in [0.15, 0.2) is 4.99 Å². The van der Waals surface area contributed by atoms with Crippen molar-refractivity contribution in [3.8, 4) is 0 Å². The van der Waals surface area contributed by atoms with Crippen molar-refractivity contribution >= 4 is 5.96 Å². The first-order valence-electron chi connectivity index (χ1n) is 5.52. The zero-order valence-corrected chi connectivity index (χ0v) is 8.87. The maximum atomic E-state index is 5.81. The van der Waals surface area contributed by atoms with Gasteiger partial charge in [0.15, 0.2) is 5.96 Å². The lowest BCUT2D eigenvalue weighted by Gasteiger charge is -2.30. The van der Waals surface area contributed by atoms with E-state index >= 15 is 0 Å². The number of nitrogens with one attached hydrogen (secondary N) is 1. The molecule has 2 fully saturated rings. The standard InChI is InChI=1S/C10H20N4/c1-14-6-2-3-9(7-14)13-10(11)12-8-4-5-8/h8-9H,2-7H2,1H3,(H3,11,12,13). The quantitative estimate of drug-likeness (QED) is 0.488. The fourth-order valence-electron chi connectivity index (χ4n) is 1.93. The van der Waals surface area contributed by atoms with E-state index in [1.165, 1.54) is 32.2 Å². The Morgan fingerprint density at radius 2 is 2.21 bits per heavy atom. The highest BCUT2D eigenvalue weighted by molar-refractivity contribution is 5.78. The highest BCUT2D eigenvalue weighted by Crippen LogP contribution is 2.23. The zero-order chi connectivity index (χ0) is 9.97. The molecular formula is C10H20N4. The number of rotatable bonds is 2. The third kappa shape index (κ3) is 2.87. The second-order valence-corrected chi connectivity index (χ2v) is 4.49. The van der Waals surface area contributed by atoms with Gasteiger partial charge in [-0.25, -0.2) is 0 Å². The molecule has 1 saturated heterocycles. The number of likely N-dealkylation sites (N-methyl/N-ethyl adjacent to an activating group) is 1. The molecule has 1 atom stereocenters. The first kappa shape index (κ1) is 9.77. The molecule has 2 rings (SSSR count). The van der Waals surface area contributed by atoms with Crippen LogP contribution in [-0.4, -0.2) is 43.1 Å². The molecule has 0 aromatic carbocycles. The molecule has 0 aromatic heterocycles. The maximum absolute atomic E-state index is 5.81. The molecule has 4 heteroatoms. The summed E-state index contributed by atoms with van der Waals surface area (Å²) in [7, 11) is 2.15. The van der Waals surface area contributed by atoms with E-state index in [1.807, 2.05) is 0 Å². The predicted octanol–water partition coefficient (Wildman–Crippen LogP) is 0.147. The van der Waals surface area contributed by atoms with Gasteiger partial charge >= 0.3 is 0 Å². The van der Waals surface area contributed by atoms with Crippen LogP contribution in [0.5, 0.6) is 0 Å². The molecule has 80 valence electrons. The number of guanidine groups is 1. The molecule has 1 unspecified atom stereocenters. The Hall–Kier alpha value is -0.770. The molecule has 2 aliphatic rings. The van der Waals surface area contributed by atoms with E-state index in [9.17, 15) is 0 Å². The topological polar surface area (TPSA) is 53.6 Å². The van der Waals surface area contributed by atoms with E-state index in [0.717, 1.165) is 6.54 Å². The average Bonchev–Trinajstić information content (AvgIpc) is 2.87. The van der Waals surface area contributed by atoms with Crippen LogP contribution in [0.3, 0.4) is 0 Å². The SMILES string of the molecule is CN1CCCC(NC(N)=NC2CC2)C1. The van der Waals surface area contributed by atoms with E-state index in [2.05, 4.69) is 22.3 Å². The lowest BCUT2D eigenvalue weighted by atomic mass is 10.1. The van der Waals surface area contributed by atoms with Crippen molar-refractivity contribution in [1.82, 2.24) is 10.2 Å². The Balaban J connectivity index is 1.77. The summed E-state index contributed by atoms with van der Waals surface area (Å²) in [5, 5.41) is 3.31. The molecule has 0 spiro atoms. The Bertz CT molecular complexity index is 222. The van der Waals surface area contributed by atoms with Crippen LogP contribution in [0.1, 0.15) is 25.7 Å². The van der Waals surface area contributed by atoms with Crippen molar-refractivity contribution in [3.05, 3.63) is 0 Å². The molecule has 4 nitrogen and oxygen atoms in total. The molecule has 1 aliphatic heterocycles. The maximum Gasteiger partial charge on any atom is 0.189 e. The van der Waals surface area contributed by atoms with Crippen LogP contribution in [0.25, 0.3) is 0 Å². The highest BCUT2D eigenvalue weighted by atomic mass is 15.2. The molecule has 1 aliphatic carbocycles. The van der Waals surface area contributed by atoms with Gasteiger partial charge in [0.1, 0.15) is 0 Å². The smallest absolute Gasteiger partial charge is 0.189 e. The summed E-state index contributed by atoms with van der Waals surface area (Å²) >= 11 is 0. The lowest BCUT2D eigenvalue weighted by molar-refractivity contribution is 0.240. The summed E-state index contributed by atoms with van der Waals surface area (Å²) in [6, 6.07) is 1.01. The van der Waals surface area contributed by atoms with Crippen LogP contribution in [0, 0.1) is 0 Å². The fourth-order valence-corrected chi connectivity index (χ4v) is 1.93. The van der Waals surface area contributed by atoms with Crippen LogP contribution in [-0.2, 0) is 0 Å². The van der Waals surface area contributed by atoms with Crippen LogP contribution in [0.4, 0.5) is 0 Å². The molecule has 3 N–H and O–H groups in total. The van der Waals surface area contributed by atoms with E-state index in [-0.39, 0.29) is 0 Å². The average molecular weight is 196 g/mol. The normalized spacial score (nSPS) is 30.4. The summed E-state index contributed by atoms with van der Waals surface area (Å²) in [6.07, 6.45) is 4.90. The molecule has 1 saturated carbocycles. The van der Waals surface area contributed by atoms with Gasteiger partial charge in [-0.2, -0.15) is 0 Å². The lowest BCUT2D eigenvalue weighted by Crippen LogP contribution is -2.48. The second-order valence-electron chi connectivity index (χ2n) is 4.49. The number of nitrogens with zero attached hydrogens (tertiary/aromatic N) is 2. The van der Waals surface area contributed by atoms with E-state index in [4.69, 9.17) is 5.73 Å². The first-order valence-corrected chi connectivity index (χ1v) is 5.52. The van der Waals surface area contributed by atoms with Gasteiger partial charge in [-0.05, 0) is 39.3 Å². The molecule has 1 heterocycles. The van der Waals surface area contributed by atoms with Gasteiger partial charge in [-0.3, -0.25) is 4.99 Å². The monoisotopic (exact) mass is 196 g/mol. The zero-order valence-electron chi connectivity index (χ0n) is 8.87.